The molecular formula is C19H20N4O4S2. The van der Waals surface area contributed by atoms with E-state index in [1.54, 1.807) is 46.8 Å². The number of benzene rings is 1. The molecule has 1 fully saturated rings. The minimum atomic E-state index is -3.52. The Kier molecular flexibility index (Phi) is 5.48. The van der Waals surface area contributed by atoms with Gasteiger partial charge in [-0.25, -0.2) is 17.8 Å². The largest absolute Gasteiger partial charge is 0.341 e. The molecule has 0 saturated carbocycles. The van der Waals surface area contributed by atoms with E-state index >= 15 is 0 Å². The number of nitrogens with zero attached hydrogens (tertiary/aromatic N) is 3. The highest BCUT2D eigenvalue weighted by atomic mass is 32.2. The number of sulfonamides is 1. The third-order valence-electron chi connectivity index (χ3n) is 4.98. The molecular weight excluding hydrogens is 412 g/mol. The van der Waals surface area contributed by atoms with Gasteiger partial charge in [0.05, 0.1) is 11.6 Å². The normalized spacial score (nSPS) is 15.7. The minimum absolute atomic E-state index is 0.130. The van der Waals surface area contributed by atoms with Gasteiger partial charge in [0.2, 0.25) is 15.9 Å². The summed E-state index contributed by atoms with van der Waals surface area (Å²) in [5.74, 6) is -0.200. The summed E-state index contributed by atoms with van der Waals surface area (Å²) >= 11 is 1.17. The Morgan fingerprint density at radius 3 is 2.66 bits per heavy atom. The first-order valence-corrected chi connectivity index (χ1v) is 11.6. The summed E-state index contributed by atoms with van der Waals surface area (Å²) in [7, 11) is -3.52. The van der Waals surface area contributed by atoms with Crippen molar-refractivity contribution >= 4 is 38.0 Å². The maximum absolute atomic E-state index is 12.6. The molecule has 152 valence electrons. The minimum Gasteiger partial charge on any atom is -0.341 e. The molecule has 1 aliphatic rings. The van der Waals surface area contributed by atoms with Crippen molar-refractivity contribution in [2.24, 2.45) is 0 Å². The maximum atomic E-state index is 12.6. The van der Waals surface area contributed by atoms with Crippen molar-refractivity contribution in [1.29, 1.82) is 0 Å². The van der Waals surface area contributed by atoms with Crippen molar-refractivity contribution in [3.63, 3.8) is 0 Å². The second-order valence-corrected chi connectivity index (χ2v) is 9.79. The molecule has 2 aromatic heterocycles. The van der Waals surface area contributed by atoms with E-state index in [9.17, 15) is 18.0 Å². The summed E-state index contributed by atoms with van der Waals surface area (Å²) in [6.07, 6.45) is 2.63. The van der Waals surface area contributed by atoms with Crippen LogP contribution < -0.4 is 10.3 Å². The molecule has 0 radical (unpaired) electrons. The van der Waals surface area contributed by atoms with Gasteiger partial charge >= 0.3 is 0 Å². The number of amides is 1. The molecule has 0 unspecified atom stereocenters. The zero-order valence-electron chi connectivity index (χ0n) is 15.5. The van der Waals surface area contributed by atoms with Gasteiger partial charge in [-0.1, -0.05) is 24.3 Å². The molecule has 0 aliphatic carbocycles. The summed E-state index contributed by atoms with van der Waals surface area (Å²) in [6, 6.07) is 10.2. The van der Waals surface area contributed by atoms with E-state index in [2.05, 4.69) is 9.82 Å². The van der Waals surface area contributed by atoms with Crippen molar-refractivity contribution in [3.05, 3.63) is 58.3 Å². The van der Waals surface area contributed by atoms with Gasteiger partial charge in [-0.15, -0.1) is 11.3 Å². The highest BCUT2D eigenvalue weighted by Crippen LogP contribution is 2.19. The number of fused-ring (bicyclic) bond motifs is 1. The molecule has 3 aromatic rings. The number of aromatic nitrogens is 2. The van der Waals surface area contributed by atoms with Crippen molar-refractivity contribution in [2.45, 2.75) is 29.6 Å². The van der Waals surface area contributed by atoms with Gasteiger partial charge in [-0.3, -0.25) is 9.59 Å². The van der Waals surface area contributed by atoms with Gasteiger partial charge in [0.15, 0.2) is 0 Å². The molecule has 0 spiro atoms. The number of piperidine rings is 1. The van der Waals surface area contributed by atoms with E-state index in [1.165, 1.54) is 16.0 Å². The number of hydrogen-bond donors (Lipinski definition) is 1. The zero-order chi connectivity index (χ0) is 20.4. The van der Waals surface area contributed by atoms with Gasteiger partial charge in [-0.2, -0.15) is 5.10 Å². The van der Waals surface area contributed by atoms with E-state index in [4.69, 9.17) is 0 Å². The maximum Gasteiger partial charge on any atom is 0.275 e. The Bertz CT molecular complexity index is 1180. The van der Waals surface area contributed by atoms with Gasteiger partial charge in [0.25, 0.3) is 5.56 Å². The van der Waals surface area contributed by atoms with Gasteiger partial charge in [0, 0.05) is 24.5 Å². The fourth-order valence-corrected chi connectivity index (χ4v) is 5.72. The molecule has 1 N–H and O–H groups in total. The highest BCUT2D eigenvalue weighted by molar-refractivity contribution is 7.91. The van der Waals surface area contributed by atoms with Crippen LogP contribution in [0.2, 0.25) is 0 Å². The first-order chi connectivity index (χ1) is 13.9. The molecule has 3 heterocycles. The van der Waals surface area contributed by atoms with Crippen molar-refractivity contribution < 1.29 is 13.2 Å². The SMILES string of the molecule is O=C(Cn1ncc2ccccc2c1=O)N1CCC(NS(=O)(=O)c2cccs2)CC1. The van der Waals surface area contributed by atoms with E-state index in [-0.39, 0.29) is 28.3 Å². The number of hydrogen-bond acceptors (Lipinski definition) is 6. The molecule has 1 aromatic carbocycles. The van der Waals surface area contributed by atoms with Crippen LogP contribution in [0.25, 0.3) is 10.8 Å². The Balaban J connectivity index is 1.37. The van der Waals surface area contributed by atoms with E-state index in [0.29, 0.717) is 31.3 Å². The molecule has 0 atom stereocenters. The molecule has 8 nitrogen and oxygen atoms in total. The summed E-state index contributed by atoms with van der Waals surface area (Å²) in [4.78, 5) is 26.8. The predicted octanol–water partition coefficient (Wildman–Crippen LogP) is 1.43. The average Bonchev–Trinajstić information content (AvgIpc) is 3.26. The average molecular weight is 433 g/mol. The van der Waals surface area contributed by atoms with Crippen molar-refractivity contribution in [2.75, 3.05) is 13.1 Å². The van der Waals surface area contributed by atoms with Crippen LogP contribution in [0, 0.1) is 0 Å². The second-order valence-electron chi connectivity index (χ2n) is 6.90. The summed E-state index contributed by atoms with van der Waals surface area (Å²) in [5.41, 5.74) is -0.296. The Labute approximate surface area is 171 Å². The fraction of sp³-hybridized carbons (Fsp3) is 0.316. The number of thiophene rings is 1. The van der Waals surface area contributed by atoms with E-state index in [1.807, 2.05) is 6.07 Å². The first kappa shape index (κ1) is 19.7. The monoisotopic (exact) mass is 432 g/mol. The lowest BCUT2D eigenvalue weighted by atomic mass is 10.1. The molecule has 1 aliphatic heterocycles. The number of carbonyl (C=O) groups is 1. The van der Waals surface area contributed by atoms with Crippen LogP contribution >= 0.6 is 11.3 Å². The lowest BCUT2D eigenvalue weighted by Crippen LogP contribution is -2.47. The Morgan fingerprint density at radius 1 is 1.17 bits per heavy atom. The molecule has 1 saturated heterocycles. The van der Waals surface area contributed by atoms with E-state index in [0.717, 1.165) is 5.39 Å². The summed E-state index contributed by atoms with van der Waals surface area (Å²) in [6.45, 7) is 0.729. The summed E-state index contributed by atoms with van der Waals surface area (Å²) in [5, 5.41) is 7.08. The molecule has 29 heavy (non-hydrogen) atoms. The smallest absolute Gasteiger partial charge is 0.275 e. The van der Waals surface area contributed by atoms with Gasteiger partial charge < -0.3 is 4.90 Å². The molecule has 1 amide bonds. The molecule has 0 bridgehead atoms. The number of rotatable bonds is 5. The first-order valence-electron chi connectivity index (χ1n) is 9.22. The van der Waals surface area contributed by atoms with Crippen molar-refractivity contribution in [3.8, 4) is 0 Å². The number of likely N-dealkylation sites (tertiary alicyclic amines) is 1. The van der Waals surface area contributed by atoms with E-state index < -0.39 is 10.0 Å². The lowest BCUT2D eigenvalue weighted by Gasteiger charge is -2.32. The second kappa shape index (κ2) is 8.05. The number of nitrogens with one attached hydrogen (secondary N) is 1. The van der Waals surface area contributed by atoms with Gasteiger partial charge in [0.1, 0.15) is 10.8 Å². The van der Waals surface area contributed by atoms with Gasteiger partial charge in [-0.05, 0) is 30.4 Å². The summed E-state index contributed by atoms with van der Waals surface area (Å²) < 4.78 is 28.8. The Hall–Kier alpha value is -2.56. The van der Waals surface area contributed by atoms with Crippen LogP contribution in [0.15, 0.2) is 57.0 Å². The van der Waals surface area contributed by atoms with Crippen LogP contribution in [0.3, 0.4) is 0 Å². The van der Waals surface area contributed by atoms with Crippen molar-refractivity contribution in [1.82, 2.24) is 19.4 Å². The van der Waals surface area contributed by atoms with Crippen LogP contribution in [0.4, 0.5) is 0 Å². The van der Waals surface area contributed by atoms with Crippen LogP contribution in [-0.2, 0) is 21.4 Å². The van der Waals surface area contributed by atoms with Crippen LogP contribution in [0.1, 0.15) is 12.8 Å². The highest BCUT2D eigenvalue weighted by Gasteiger charge is 2.27. The predicted molar refractivity (Wildman–Crippen MR) is 110 cm³/mol. The fourth-order valence-electron chi connectivity index (χ4n) is 3.41. The van der Waals surface area contributed by atoms with Crippen LogP contribution in [-0.4, -0.2) is 48.1 Å². The van der Waals surface area contributed by atoms with Crippen LogP contribution in [0.5, 0.6) is 0 Å². The quantitative estimate of drug-likeness (QED) is 0.657. The molecule has 4 rings (SSSR count). The number of carbonyl (C=O) groups excluding carboxylic acids is 1. The third kappa shape index (κ3) is 4.24. The topological polar surface area (TPSA) is 101 Å². The Morgan fingerprint density at radius 2 is 1.93 bits per heavy atom. The third-order valence-corrected chi connectivity index (χ3v) is 7.89. The standard InChI is InChI=1S/C19H20N4O4S2/c24-17(13-23-19(25)16-5-2-1-4-14(16)12-20-23)22-9-7-15(8-10-22)21-29(26,27)18-6-3-11-28-18/h1-6,11-12,15,21H,7-10,13H2. The lowest BCUT2D eigenvalue weighted by molar-refractivity contribution is -0.133. The molecule has 10 heteroatoms. The zero-order valence-corrected chi connectivity index (χ0v) is 17.2.